The lowest BCUT2D eigenvalue weighted by molar-refractivity contribution is 0.0947. The number of hydrogen-bond donors (Lipinski definition) is 2. The van der Waals surface area contributed by atoms with E-state index in [1.54, 1.807) is 11.7 Å². The molecule has 6 heteroatoms. The second-order valence-electron chi connectivity index (χ2n) is 3.80. The highest BCUT2D eigenvalue weighted by Crippen LogP contribution is 2.11. The highest BCUT2D eigenvalue weighted by Gasteiger charge is 2.11. The number of rotatable bonds is 3. The first-order valence-electron chi connectivity index (χ1n) is 5.75. The lowest BCUT2D eigenvalue weighted by Gasteiger charge is -2.05. The van der Waals surface area contributed by atoms with Crippen LogP contribution < -0.4 is 5.32 Å². The number of thiazole rings is 1. The Bertz CT molecular complexity index is 660. The molecule has 1 amide bonds. The molecule has 0 aliphatic heterocycles. The van der Waals surface area contributed by atoms with Crippen LogP contribution in [-0.2, 0) is 6.54 Å². The fourth-order valence-electron chi connectivity index (χ4n) is 1.51. The van der Waals surface area contributed by atoms with E-state index in [0.717, 1.165) is 4.88 Å². The summed E-state index contributed by atoms with van der Waals surface area (Å²) in [5, 5.41) is 11.2. The third kappa shape index (κ3) is 3.63. The minimum Gasteiger partial charge on any atom is -0.384 e. The molecule has 2 rings (SSSR count). The largest absolute Gasteiger partial charge is 0.384 e. The Hall–Kier alpha value is -2.23. The summed E-state index contributed by atoms with van der Waals surface area (Å²) in [5.41, 5.74) is 2.04. The van der Waals surface area contributed by atoms with Crippen molar-refractivity contribution < 1.29 is 14.3 Å². The van der Waals surface area contributed by atoms with Crippen LogP contribution in [0.25, 0.3) is 0 Å². The van der Waals surface area contributed by atoms with Crippen molar-refractivity contribution in [2.24, 2.45) is 0 Å². The Morgan fingerprint density at radius 2 is 2.35 bits per heavy atom. The summed E-state index contributed by atoms with van der Waals surface area (Å²) in [6.07, 6.45) is 1.65. The van der Waals surface area contributed by atoms with E-state index in [0.29, 0.717) is 12.1 Å². The molecule has 0 atom stereocenters. The summed E-state index contributed by atoms with van der Waals surface area (Å²) in [4.78, 5) is 16.6. The van der Waals surface area contributed by atoms with Crippen molar-refractivity contribution in [1.29, 1.82) is 0 Å². The molecule has 0 aliphatic carbocycles. The zero-order chi connectivity index (χ0) is 14.4. The molecule has 2 N–H and O–H groups in total. The van der Waals surface area contributed by atoms with Crippen molar-refractivity contribution >= 4 is 17.2 Å². The summed E-state index contributed by atoms with van der Waals surface area (Å²) in [7, 11) is 0. The molecule has 0 spiro atoms. The molecular weight excluding hydrogens is 279 g/mol. The van der Waals surface area contributed by atoms with Crippen LogP contribution in [0.4, 0.5) is 4.39 Å². The molecule has 0 bridgehead atoms. The van der Waals surface area contributed by atoms with Gasteiger partial charge in [0.15, 0.2) is 0 Å². The molecule has 2 aromatic rings. The molecule has 0 unspecified atom stereocenters. The van der Waals surface area contributed by atoms with Gasteiger partial charge in [-0.25, -0.2) is 4.39 Å². The summed E-state index contributed by atoms with van der Waals surface area (Å²) < 4.78 is 13.8. The Labute approximate surface area is 119 Å². The Balaban J connectivity index is 2.06. The van der Waals surface area contributed by atoms with Crippen LogP contribution >= 0.6 is 11.3 Å². The van der Waals surface area contributed by atoms with Crippen LogP contribution in [0.3, 0.4) is 0 Å². The molecule has 20 heavy (non-hydrogen) atoms. The number of halogens is 1. The first-order chi connectivity index (χ1) is 9.70. The Morgan fingerprint density at radius 1 is 1.50 bits per heavy atom. The monoisotopic (exact) mass is 290 g/mol. The predicted molar refractivity (Wildman–Crippen MR) is 73.6 cm³/mol. The smallest absolute Gasteiger partial charge is 0.254 e. The minimum absolute atomic E-state index is 0.0379. The number of aliphatic hydroxyl groups excluding tert-OH is 1. The van der Waals surface area contributed by atoms with E-state index in [-0.39, 0.29) is 12.2 Å². The number of aromatic nitrogens is 1. The van der Waals surface area contributed by atoms with E-state index in [1.165, 1.54) is 29.5 Å². The average molecular weight is 290 g/mol. The van der Waals surface area contributed by atoms with Gasteiger partial charge in [0.1, 0.15) is 12.4 Å². The highest BCUT2D eigenvalue weighted by atomic mass is 32.1. The Morgan fingerprint density at radius 3 is 3.00 bits per heavy atom. The lowest BCUT2D eigenvalue weighted by Crippen LogP contribution is -2.23. The maximum atomic E-state index is 13.8. The van der Waals surface area contributed by atoms with E-state index < -0.39 is 11.7 Å². The van der Waals surface area contributed by atoms with Crippen molar-refractivity contribution in [3.8, 4) is 11.8 Å². The standard InChI is InChI=1S/C14H11FN2O2S/c15-13-6-10(2-1-5-18)3-4-12(13)14(19)17-8-11-7-16-9-20-11/h3-4,6-7,9,18H,5,8H2,(H,17,19). The SMILES string of the molecule is O=C(NCc1cncs1)c1ccc(C#CCO)cc1F. The predicted octanol–water partition coefficient (Wildman–Crippen LogP) is 1.56. The zero-order valence-electron chi connectivity index (χ0n) is 10.4. The number of benzene rings is 1. The van der Waals surface area contributed by atoms with Gasteiger partial charge >= 0.3 is 0 Å². The number of carbonyl (C=O) groups is 1. The van der Waals surface area contributed by atoms with Crippen LogP contribution in [0.2, 0.25) is 0 Å². The number of nitrogens with zero attached hydrogens (tertiary/aromatic N) is 1. The van der Waals surface area contributed by atoms with Gasteiger partial charge in [-0.2, -0.15) is 0 Å². The topological polar surface area (TPSA) is 62.2 Å². The minimum atomic E-state index is -0.642. The average Bonchev–Trinajstić information content (AvgIpc) is 2.96. The quantitative estimate of drug-likeness (QED) is 0.843. The van der Waals surface area contributed by atoms with Crippen LogP contribution in [0.15, 0.2) is 29.9 Å². The van der Waals surface area contributed by atoms with Crippen molar-refractivity contribution in [1.82, 2.24) is 10.3 Å². The maximum Gasteiger partial charge on any atom is 0.254 e. The number of hydrogen-bond acceptors (Lipinski definition) is 4. The summed E-state index contributed by atoms with van der Waals surface area (Å²) >= 11 is 1.41. The molecule has 0 saturated carbocycles. The van der Waals surface area contributed by atoms with Gasteiger partial charge in [0.05, 0.1) is 17.6 Å². The van der Waals surface area contributed by atoms with Crippen molar-refractivity contribution in [2.45, 2.75) is 6.54 Å². The second-order valence-corrected chi connectivity index (χ2v) is 4.78. The van der Waals surface area contributed by atoms with Crippen molar-refractivity contribution in [3.63, 3.8) is 0 Å². The number of aliphatic hydroxyl groups is 1. The molecular formula is C14H11FN2O2S. The van der Waals surface area contributed by atoms with Crippen LogP contribution in [-0.4, -0.2) is 22.6 Å². The zero-order valence-corrected chi connectivity index (χ0v) is 11.2. The van der Waals surface area contributed by atoms with Gasteiger partial charge in [0, 0.05) is 16.6 Å². The van der Waals surface area contributed by atoms with Crippen LogP contribution in [0.1, 0.15) is 20.8 Å². The number of amides is 1. The van der Waals surface area contributed by atoms with Gasteiger partial charge in [0.25, 0.3) is 5.91 Å². The summed E-state index contributed by atoms with van der Waals surface area (Å²) in [5.74, 6) is 3.86. The molecule has 1 heterocycles. The third-order valence-corrected chi connectivity index (χ3v) is 3.21. The van der Waals surface area contributed by atoms with E-state index in [9.17, 15) is 9.18 Å². The summed E-state index contributed by atoms with van der Waals surface area (Å²) in [6, 6.07) is 4.08. The van der Waals surface area contributed by atoms with E-state index in [4.69, 9.17) is 5.11 Å². The van der Waals surface area contributed by atoms with Gasteiger partial charge in [-0.05, 0) is 18.2 Å². The maximum absolute atomic E-state index is 13.8. The molecule has 1 aromatic heterocycles. The Kier molecular flexibility index (Phi) is 4.82. The fourth-order valence-corrected chi connectivity index (χ4v) is 2.04. The fraction of sp³-hybridized carbons (Fsp3) is 0.143. The second kappa shape index (κ2) is 6.80. The summed E-state index contributed by atoms with van der Waals surface area (Å²) in [6.45, 7) is 0.0215. The van der Waals surface area contributed by atoms with E-state index in [2.05, 4.69) is 22.1 Å². The van der Waals surface area contributed by atoms with Gasteiger partial charge in [-0.15, -0.1) is 11.3 Å². The first kappa shape index (κ1) is 14.2. The highest BCUT2D eigenvalue weighted by molar-refractivity contribution is 7.09. The van der Waals surface area contributed by atoms with E-state index in [1.807, 2.05) is 0 Å². The molecule has 0 saturated heterocycles. The third-order valence-electron chi connectivity index (χ3n) is 2.43. The molecule has 0 radical (unpaired) electrons. The number of carbonyl (C=O) groups excluding carboxylic acids is 1. The molecule has 102 valence electrons. The molecule has 0 fully saturated rings. The molecule has 0 aliphatic rings. The van der Waals surface area contributed by atoms with E-state index >= 15 is 0 Å². The van der Waals surface area contributed by atoms with Crippen LogP contribution in [0, 0.1) is 17.7 Å². The molecule has 4 nitrogen and oxygen atoms in total. The van der Waals surface area contributed by atoms with Crippen LogP contribution in [0.5, 0.6) is 0 Å². The van der Waals surface area contributed by atoms with Gasteiger partial charge in [-0.3, -0.25) is 9.78 Å². The lowest BCUT2D eigenvalue weighted by atomic mass is 10.1. The van der Waals surface area contributed by atoms with Gasteiger partial charge in [0.2, 0.25) is 0 Å². The first-order valence-corrected chi connectivity index (χ1v) is 6.63. The van der Waals surface area contributed by atoms with Crippen molar-refractivity contribution in [3.05, 3.63) is 51.7 Å². The number of nitrogens with one attached hydrogen (secondary N) is 1. The van der Waals surface area contributed by atoms with Crippen molar-refractivity contribution in [2.75, 3.05) is 6.61 Å². The van der Waals surface area contributed by atoms with Gasteiger partial charge in [-0.1, -0.05) is 11.8 Å². The normalized spacial score (nSPS) is 9.70. The van der Waals surface area contributed by atoms with Gasteiger partial charge < -0.3 is 10.4 Å². The molecule has 1 aromatic carbocycles.